The van der Waals surface area contributed by atoms with Crippen LogP contribution in [0.15, 0.2) is 22.7 Å². The highest BCUT2D eigenvalue weighted by atomic mass is 79.9. The number of amides is 1. The minimum Gasteiger partial charge on any atom is -0.480 e. The van der Waals surface area contributed by atoms with E-state index in [1.807, 2.05) is 0 Å². The van der Waals surface area contributed by atoms with Crippen molar-refractivity contribution < 1.29 is 19.1 Å². The number of rotatable bonds is 4. The Labute approximate surface area is 112 Å². The molecule has 0 heterocycles. The van der Waals surface area contributed by atoms with Crippen LogP contribution in [0.2, 0.25) is 0 Å². The molecule has 1 amide bonds. The third kappa shape index (κ3) is 3.31. The van der Waals surface area contributed by atoms with Gasteiger partial charge in [0.05, 0.1) is 12.1 Å². The van der Waals surface area contributed by atoms with Crippen molar-refractivity contribution in [2.75, 3.05) is 13.1 Å². The zero-order valence-electron chi connectivity index (χ0n) is 9.19. The number of terminal acetylenes is 1. The SMILES string of the molecule is C#CCN(CC(=O)O)C(=O)c1c(F)cccc1Br. The lowest BCUT2D eigenvalue weighted by molar-refractivity contribution is -0.137. The number of benzene rings is 1. The van der Waals surface area contributed by atoms with E-state index in [0.29, 0.717) is 0 Å². The van der Waals surface area contributed by atoms with Crippen molar-refractivity contribution in [3.8, 4) is 12.3 Å². The van der Waals surface area contributed by atoms with Gasteiger partial charge in [-0.1, -0.05) is 12.0 Å². The van der Waals surface area contributed by atoms with Gasteiger partial charge in [0.15, 0.2) is 0 Å². The predicted molar refractivity (Wildman–Crippen MR) is 66.5 cm³/mol. The molecule has 0 aliphatic rings. The molecule has 6 heteroatoms. The number of carbonyl (C=O) groups excluding carboxylic acids is 1. The molecule has 0 saturated heterocycles. The molecule has 94 valence electrons. The Balaban J connectivity index is 3.10. The van der Waals surface area contributed by atoms with Gasteiger partial charge in [-0.15, -0.1) is 6.42 Å². The lowest BCUT2D eigenvalue weighted by Crippen LogP contribution is -2.36. The molecule has 1 N–H and O–H groups in total. The second kappa shape index (κ2) is 6.17. The van der Waals surface area contributed by atoms with Crippen LogP contribution >= 0.6 is 15.9 Å². The molecule has 18 heavy (non-hydrogen) atoms. The molecule has 0 spiro atoms. The quantitative estimate of drug-likeness (QED) is 0.862. The first-order valence-electron chi connectivity index (χ1n) is 4.86. The summed E-state index contributed by atoms with van der Waals surface area (Å²) in [5.74, 6) is -0.548. The van der Waals surface area contributed by atoms with Crippen LogP contribution in [0.25, 0.3) is 0 Å². The Morgan fingerprint density at radius 1 is 1.50 bits per heavy atom. The minimum absolute atomic E-state index is 0.202. The lowest BCUT2D eigenvalue weighted by Gasteiger charge is -2.18. The van der Waals surface area contributed by atoms with Crippen molar-refractivity contribution in [1.82, 2.24) is 4.90 Å². The summed E-state index contributed by atoms with van der Waals surface area (Å²) in [6.07, 6.45) is 5.05. The average molecular weight is 314 g/mol. The maximum Gasteiger partial charge on any atom is 0.323 e. The van der Waals surface area contributed by atoms with Gasteiger partial charge in [-0.25, -0.2) is 4.39 Å². The largest absolute Gasteiger partial charge is 0.480 e. The van der Waals surface area contributed by atoms with Crippen molar-refractivity contribution >= 4 is 27.8 Å². The highest BCUT2D eigenvalue weighted by Crippen LogP contribution is 2.21. The topological polar surface area (TPSA) is 57.6 Å². The number of hydrogen-bond acceptors (Lipinski definition) is 2. The van der Waals surface area contributed by atoms with Gasteiger partial charge in [-0.3, -0.25) is 9.59 Å². The third-order valence-corrected chi connectivity index (χ3v) is 2.73. The van der Waals surface area contributed by atoms with Gasteiger partial charge in [0.1, 0.15) is 12.4 Å². The first kappa shape index (κ1) is 14.2. The summed E-state index contributed by atoms with van der Waals surface area (Å²) in [5, 5.41) is 8.68. The molecule has 1 rings (SSSR count). The fourth-order valence-corrected chi connectivity index (χ4v) is 1.84. The lowest BCUT2D eigenvalue weighted by atomic mass is 10.2. The molecule has 0 aliphatic heterocycles. The third-order valence-electron chi connectivity index (χ3n) is 2.07. The highest BCUT2D eigenvalue weighted by Gasteiger charge is 2.22. The first-order valence-corrected chi connectivity index (χ1v) is 5.65. The highest BCUT2D eigenvalue weighted by molar-refractivity contribution is 9.10. The van der Waals surface area contributed by atoms with Crippen molar-refractivity contribution in [3.63, 3.8) is 0 Å². The predicted octanol–water partition coefficient (Wildman–Crippen LogP) is 1.75. The first-order chi connectivity index (χ1) is 8.47. The van der Waals surface area contributed by atoms with Crippen LogP contribution in [0, 0.1) is 18.2 Å². The number of carbonyl (C=O) groups is 2. The summed E-state index contributed by atoms with van der Waals surface area (Å²) in [6.45, 7) is -0.782. The van der Waals surface area contributed by atoms with Crippen LogP contribution in [0.3, 0.4) is 0 Å². The van der Waals surface area contributed by atoms with Crippen LogP contribution in [0.5, 0.6) is 0 Å². The van der Waals surface area contributed by atoms with E-state index in [9.17, 15) is 14.0 Å². The number of carboxylic acids is 1. The Hall–Kier alpha value is -1.87. The van der Waals surface area contributed by atoms with E-state index in [-0.39, 0.29) is 16.6 Å². The average Bonchev–Trinajstić information content (AvgIpc) is 2.27. The molecule has 1 aromatic carbocycles. The van der Waals surface area contributed by atoms with Gasteiger partial charge >= 0.3 is 5.97 Å². The van der Waals surface area contributed by atoms with E-state index in [1.165, 1.54) is 12.1 Å². The Morgan fingerprint density at radius 2 is 2.17 bits per heavy atom. The van der Waals surface area contributed by atoms with Crippen molar-refractivity contribution in [1.29, 1.82) is 0 Å². The maximum absolute atomic E-state index is 13.6. The fourth-order valence-electron chi connectivity index (χ4n) is 1.33. The number of aliphatic carboxylic acids is 1. The molecule has 0 aromatic heterocycles. The Morgan fingerprint density at radius 3 is 2.67 bits per heavy atom. The molecular formula is C12H9BrFNO3. The molecule has 4 nitrogen and oxygen atoms in total. The summed E-state index contributed by atoms with van der Waals surface area (Å²) in [4.78, 5) is 23.5. The number of halogens is 2. The molecular weight excluding hydrogens is 305 g/mol. The zero-order chi connectivity index (χ0) is 13.7. The van der Waals surface area contributed by atoms with Crippen LogP contribution in [-0.2, 0) is 4.79 Å². The number of nitrogens with zero attached hydrogens (tertiary/aromatic N) is 1. The summed E-state index contributed by atoms with van der Waals surface area (Å²) in [6, 6.07) is 4.04. The van der Waals surface area contributed by atoms with Gasteiger partial charge in [-0.05, 0) is 28.1 Å². The van der Waals surface area contributed by atoms with E-state index in [1.54, 1.807) is 0 Å². The molecule has 0 atom stereocenters. The van der Waals surface area contributed by atoms with Gasteiger partial charge in [0.2, 0.25) is 0 Å². The Kier molecular flexibility index (Phi) is 4.86. The molecule has 0 bridgehead atoms. The van der Waals surface area contributed by atoms with E-state index in [4.69, 9.17) is 11.5 Å². The molecule has 0 unspecified atom stereocenters. The second-order valence-corrected chi connectivity index (χ2v) is 4.21. The number of hydrogen-bond donors (Lipinski definition) is 1. The van der Waals surface area contributed by atoms with Crippen LogP contribution < -0.4 is 0 Å². The summed E-state index contributed by atoms with van der Waals surface area (Å²) < 4.78 is 13.8. The second-order valence-electron chi connectivity index (χ2n) is 3.36. The van der Waals surface area contributed by atoms with Gasteiger partial charge in [-0.2, -0.15) is 0 Å². The smallest absolute Gasteiger partial charge is 0.323 e. The van der Waals surface area contributed by atoms with Crippen LogP contribution in [0.1, 0.15) is 10.4 Å². The van der Waals surface area contributed by atoms with Crippen molar-refractivity contribution in [2.45, 2.75) is 0 Å². The molecule has 1 aromatic rings. The number of carboxylic acid groups (broad SMARTS) is 1. The monoisotopic (exact) mass is 313 g/mol. The summed E-state index contributed by atoms with van der Waals surface area (Å²) in [7, 11) is 0. The summed E-state index contributed by atoms with van der Waals surface area (Å²) in [5.41, 5.74) is -0.228. The fraction of sp³-hybridized carbons (Fsp3) is 0.167. The molecule has 0 fully saturated rings. The van der Waals surface area contributed by atoms with Gasteiger partial charge < -0.3 is 10.0 Å². The normalized spacial score (nSPS) is 9.61. The van der Waals surface area contributed by atoms with Gasteiger partial charge in [0, 0.05) is 4.47 Å². The Bertz CT molecular complexity index is 504. The van der Waals surface area contributed by atoms with E-state index >= 15 is 0 Å². The van der Waals surface area contributed by atoms with Crippen LogP contribution in [0.4, 0.5) is 4.39 Å². The molecule has 0 radical (unpaired) electrons. The van der Waals surface area contributed by atoms with Gasteiger partial charge in [0.25, 0.3) is 5.91 Å². The standard InChI is InChI=1S/C12H9BrFNO3/c1-2-6-15(7-10(16)17)12(18)11-8(13)4-3-5-9(11)14/h1,3-5H,6-7H2,(H,16,17). The maximum atomic E-state index is 13.6. The van der Waals surface area contributed by atoms with E-state index < -0.39 is 24.2 Å². The molecule has 0 aliphatic carbocycles. The van der Waals surface area contributed by atoms with Crippen LogP contribution in [-0.4, -0.2) is 35.0 Å². The van der Waals surface area contributed by atoms with Crippen molar-refractivity contribution in [3.05, 3.63) is 34.1 Å². The van der Waals surface area contributed by atoms with E-state index in [2.05, 4.69) is 21.9 Å². The van der Waals surface area contributed by atoms with E-state index in [0.717, 1.165) is 11.0 Å². The van der Waals surface area contributed by atoms with Crippen molar-refractivity contribution in [2.24, 2.45) is 0 Å². The minimum atomic E-state index is -1.22. The summed E-state index contributed by atoms with van der Waals surface area (Å²) >= 11 is 3.05. The zero-order valence-corrected chi connectivity index (χ0v) is 10.8. The molecule has 0 saturated carbocycles.